The van der Waals surface area contributed by atoms with Gasteiger partial charge >= 0.3 is 0 Å². The zero-order valence-electron chi connectivity index (χ0n) is 10.8. The van der Waals surface area contributed by atoms with Gasteiger partial charge in [0.05, 0.1) is 0 Å². The minimum Gasteiger partial charge on any atom is -0.376 e. The van der Waals surface area contributed by atoms with Crippen LogP contribution in [0.2, 0.25) is 0 Å². The molecule has 1 heterocycles. The topological polar surface area (TPSA) is 163 Å². The smallest absolute Gasteiger partial charge is 0.240 e. The van der Waals surface area contributed by atoms with Crippen LogP contribution in [0.25, 0.3) is 0 Å². The molecule has 12 heteroatoms. The maximum absolute atomic E-state index is 10.8. The number of anilines is 3. The van der Waals surface area contributed by atoms with E-state index in [4.69, 9.17) is 20.4 Å². The molecule has 0 aromatic carbocycles. The average Bonchev–Trinajstić information content (AvgIpc) is 2.51. The van der Waals surface area contributed by atoms with E-state index in [1.807, 2.05) is 0 Å². The average molecular weight is 302 g/mol. The Morgan fingerprint density at radius 2 is 1.10 bits per heavy atom. The van der Waals surface area contributed by atoms with Crippen LogP contribution in [0.5, 0.6) is 0 Å². The molecule has 0 saturated heterocycles. The van der Waals surface area contributed by atoms with Crippen molar-refractivity contribution in [3.63, 3.8) is 0 Å². The SMILES string of the molecule is O=CN(CO)c1nc(N(C=O)CO)nc(N(CO)CO)n1. The van der Waals surface area contributed by atoms with E-state index >= 15 is 0 Å². The van der Waals surface area contributed by atoms with Gasteiger partial charge in [0.2, 0.25) is 30.7 Å². The molecular weight excluding hydrogens is 288 g/mol. The number of carbonyl (C=O) groups excluding carboxylic acids is 2. The first-order chi connectivity index (χ1) is 10.1. The molecule has 1 aromatic rings. The van der Waals surface area contributed by atoms with Crippen LogP contribution < -0.4 is 14.7 Å². The van der Waals surface area contributed by atoms with Gasteiger partial charge in [0.1, 0.15) is 26.9 Å². The number of hydrogen-bond donors (Lipinski definition) is 4. The number of aliphatic hydroxyl groups excluding tert-OH is 4. The van der Waals surface area contributed by atoms with Crippen LogP contribution in [0.1, 0.15) is 0 Å². The largest absolute Gasteiger partial charge is 0.376 e. The molecule has 0 fully saturated rings. The Morgan fingerprint density at radius 1 is 0.714 bits per heavy atom. The number of hydrogen-bond acceptors (Lipinski definition) is 10. The third-order valence-electron chi connectivity index (χ3n) is 2.30. The Kier molecular flexibility index (Phi) is 6.35. The van der Waals surface area contributed by atoms with Gasteiger partial charge in [-0.25, -0.2) is 0 Å². The van der Waals surface area contributed by atoms with Gasteiger partial charge in [0.25, 0.3) is 0 Å². The van der Waals surface area contributed by atoms with Crippen molar-refractivity contribution in [2.24, 2.45) is 0 Å². The number of carbonyl (C=O) groups is 2. The number of aliphatic hydroxyl groups is 4. The number of nitrogens with zero attached hydrogens (tertiary/aromatic N) is 6. The summed E-state index contributed by atoms with van der Waals surface area (Å²) in [6.45, 7) is -2.80. The zero-order chi connectivity index (χ0) is 15.8. The standard InChI is InChI=1S/C9H14N6O6/c16-1-13(2-17)7-10-8(14(3-18)4-19)12-9(11-7)15(5-20)6-21/h1,3,17,19-21H,2,4-6H2. The van der Waals surface area contributed by atoms with Crippen LogP contribution in [0.3, 0.4) is 0 Å². The fraction of sp³-hybridized carbons (Fsp3) is 0.444. The summed E-state index contributed by atoms with van der Waals surface area (Å²) >= 11 is 0. The quantitative estimate of drug-likeness (QED) is 0.264. The molecule has 0 saturated carbocycles. The first-order valence-electron chi connectivity index (χ1n) is 5.53. The van der Waals surface area contributed by atoms with Crippen LogP contribution in [0.4, 0.5) is 17.8 Å². The molecule has 4 N–H and O–H groups in total. The molecule has 0 spiro atoms. The minimum atomic E-state index is -0.745. The molecule has 1 rings (SSSR count). The van der Waals surface area contributed by atoms with Crippen LogP contribution in [0, 0.1) is 0 Å². The van der Waals surface area contributed by atoms with Crippen molar-refractivity contribution < 1.29 is 30.0 Å². The first kappa shape index (κ1) is 16.6. The molecule has 116 valence electrons. The van der Waals surface area contributed by atoms with Gasteiger partial charge in [-0.15, -0.1) is 0 Å². The highest BCUT2D eigenvalue weighted by atomic mass is 16.3. The summed E-state index contributed by atoms with van der Waals surface area (Å²) in [5.41, 5.74) is 0. The Morgan fingerprint density at radius 3 is 1.38 bits per heavy atom. The summed E-state index contributed by atoms with van der Waals surface area (Å²) in [6.07, 6.45) is 0.463. The van der Waals surface area contributed by atoms with E-state index in [1.54, 1.807) is 0 Å². The number of rotatable bonds is 9. The molecule has 1 aromatic heterocycles. The lowest BCUT2D eigenvalue weighted by atomic mass is 10.6. The minimum absolute atomic E-state index is 0.231. The molecule has 0 atom stereocenters. The van der Waals surface area contributed by atoms with Gasteiger partial charge in [0, 0.05) is 0 Å². The van der Waals surface area contributed by atoms with Crippen LogP contribution >= 0.6 is 0 Å². The monoisotopic (exact) mass is 302 g/mol. The van der Waals surface area contributed by atoms with Crippen molar-refractivity contribution in [2.75, 3.05) is 41.6 Å². The number of amides is 2. The predicted molar refractivity (Wildman–Crippen MR) is 67.7 cm³/mol. The van der Waals surface area contributed by atoms with E-state index in [1.165, 1.54) is 0 Å². The van der Waals surface area contributed by atoms with E-state index < -0.39 is 26.9 Å². The van der Waals surface area contributed by atoms with Gasteiger partial charge in [0.15, 0.2) is 0 Å². The van der Waals surface area contributed by atoms with Crippen molar-refractivity contribution in [3.8, 4) is 0 Å². The second-order valence-corrected chi connectivity index (χ2v) is 3.49. The van der Waals surface area contributed by atoms with Crippen molar-refractivity contribution in [2.45, 2.75) is 0 Å². The molecular formula is C9H14N6O6. The van der Waals surface area contributed by atoms with E-state index in [9.17, 15) is 9.59 Å². The maximum Gasteiger partial charge on any atom is 0.240 e. The third kappa shape index (κ3) is 3.79. The highest BCUT2D eigenvalue weighted by Crippen LogP contribution is 2.17. The van der Waals surface area contributed by atoms with E-state index in [0.717, 1.165) is 4.90 Å². The van der Waals surface area contributed by atoms with Crippen LogP contribution in [-0.2, 0) is 9.59 Å². The fourth-order valence-corrected chi connectivity index (χ4v) is 1.20. The van der Waals surface area contributed by atoms with Crippen LogP contribution in [0.15, 0.2) is 0 Å². The van der Waals surface area contributed by atoms with Gasteiger partial charge < -0.3 is 20.4 Å². The molecule has 21 heavy (non-hydrogen) atoms. The maximum atomic E-state index is 10.8. The van der Waals surface area contributed by atoms with Gasteiger partial charge in [-0.1, -0.05) is 0 Å². The highest BCUT2D eigenvalue weighted by Gasteiger charge is 2.18. The predicted octanol–water partition coefficient (Wildman–Crippen LogP) is -3.60. The fourth-order valence-electron chi connectivity index (χ4n) is 1.20. The van der Waals surface area contributed by atoms with Crippen molar-refractivity contribution in [1.29, 1.82) is 0 Å². The van der Waals surface area contributed by atoms with Gasteiger partial charge in [-0.05, 0) is 0 Å². The van der Waals surface area contributed by atoms with Gasteiger partial charge in [-0.3, -0.25) is 24.3 Å². The lowest BCUT2D eigenvalue weighted by Crippen LogP contribution is -2.32. The molecule has 0 unspecified atom stereocenters. The Labute approximate surface area is 118 Å². The molecule has 2 amide bonds. The Hall–Kier alpha value is -2.41. The summed E-state index contributed by atoms with van der Waals surface area (Å²) in [6, 6.07) is 0. The van der Waals surface area contributed by atoms with Crippen LogP contribution in [-0.4, -0.2) is 75.1 Å². The summed E-state index contributed by atoms with van der Waals surface area (Å²) < 4.78 is 0. The van der Waals surface area contributed by atoms with Crippen molar-refractivity contribution in [1.82, 2.24) is 15.0 Å². The zero-order valence-corrected chi connectivity index (χ0v) is 10.8. The molecule has 0 radical (unpaired) electrons. The van der Waals surface area contributed by atoms with Gasteiger partial charge in [-0.2, -0.15) is 15.0 Å². The number of aromatic nitrogens is 3. The molecule has 0 aliphatic heterocycles. The second-order valence-electron chi connectivity index (χ2n) is 3.49. The van der Waals surface area contributed by atoms with E-state index in [2.05, 4.69) is 15.0 Å². The Bertz CT molecular complexity index is 450. The van der Waals surface area contributed by atoms with E-state index in [0.29, 0.717) is 9.80 Å². The highest BCUT2D eigenvalue weighted by molar-refractivity contribution is 5.74. The second kappa shape index (κ2) is 8.01. The summed E-state index contributed by atoms with van der Waals surface area (Å²) in [5, 5.41) is 36.2. The summed E-state index contributed by atoms with van der Waals surface area (Å²) in [4.78, 5) is 35.1. The van der Waals surface area contributed by atoms with E-state index in [-0.39, 0.29) is 30.7 Å². The first-order valence-corrected chi connectivity index (χ1v) is 5.53. The molecule has 0 aliphatic carbocycles. The molecule has 0 bridgehead atoms. The normalized spacial score (nSPS) is 10.1. The third-order valence-corrected chi connectivity index (χ3v) is 2.30. The Balaban J connectivity index is 3.37. The van der Waals surface area contributed by atoms with Crippen molar-refractivity contribution >= 4 is 30.7 Å². The summed E-state index contributed by atoms with van der Waals surface area (Å²) in [7, 11) is 0. The molecule has 12 nitrogen and oxygen atoms in total. The lowest BCUT2D eigenvalue weighted by molar-refractivity contribution is -0.108. The summed E-state index contributed by atoms with van der Waals surface area (Å²) in [5.74, 6) is -0.931. The van der Waals surface area contributed by atoms with Crippen molar-refractivity contribution in [3.05, 3.63) is 0 Å². The molecule has 0 aliphatic rings. The lowest BCUT2D eigenvalue weighted by Gasteiger charge is -2.21.